The Balaban J connectivity index is 2.90. The van der Waals surface area contributed by atoms with Gasteiger partial charge in [-0.2, -0.15) is 0 Å². The second-order valence-electron chi connectivity index (χ2n) is 3.15. The highest BCUT2D eigenvalue weighted by Gasteiger charge is 2.07. The lowest BCUT2D eigenvalue weighted by atomic mass is 10.1. The maximum absolute atomic E-state index is 5.59. The Morgan fingerprint density at radius 1 is 1.21 bits per heavy atom. The van der Waals surface area contributed by atoms with Gasteiger partial charge in [0.1, 0.15) is 0 Å². The van der Waals surface area contributed by atoms with Crippen molar-refractivity contribution in [2.75, 3.05) is 13.7 Å². The lowest BCUT2D eigenvalue weighted by Crippen LogP contribution is -1.99. The van der Waals surface area contributed by atoms with Crippen LogP contribution in [-0.2, 0) is 6.42 Å². The molecule has 78 valence electrons. The van der Waals surface area contributed by atoms with Gasteiger partial charge in [-0.05, 0) is 24.5 Å². The number of methoxy groups -OCH3 is 1. The highest BCUT2D eigenvalue weighted by Crippen LogP contribution is 2.31. The van der Waals surface area contributed by atoms with Crippen LogP contribution in [0.1, 0.15) is 25.8 Å². The lowest BCUT2D eigenvalue weighted by molar-refractivity contribution is 0.293. The van der Waals surface area contributed by atoms with Crippen LogP contribution in [0, 0.1) is 0 Å². The van der Waals surface area contributed by atoms with E-state index in [1.54, 1.807) is 7.11 Å². The van der Waals surface area contributed by atoms with Crippen LogP contribution in [0.2, 0.25) is 0 Å². The van der Waals surface area contributed by atoms with Gasteiger partial charge >= 0.3 is 0 Å². The number of ether oxygens (including phenoxy) is 2. The van der Waals surface area contributed by atoms with Gasteiger partial charge in [0.2, 0.25) is 0 Å². The molecule has 0 bridgehead atoms. The molecular formula is C12H18O2. The maximum Gasteiger partial charge on any atom is 0.163 e. The molecule has 1 aromatic rings. The summed E-state index contributed by atoms with van der Waals surface area (Å²) >= 11 is 0. The second kappa shape index (κ2) is 5.53. The van der Waals surface area contributed by atoms with E-state index in [-0.39, 0.29) is 0 Å². The normalized spacial score (nSPS) is 9.93. The molecule has 0 heterocycles. The van der Waals surface area contributed by atoms with E-state index in [2.05, 4.69) is 19.9 Å². The third-order valence-electron chi connectivity index (χ3n) is 2.11. The summed E-state index contributed by atoms with van der Waals surface area (Å²) in [6.45, 7) is 4.95. The summed E-state index contributed by atoms with van der Waals surface area (Å²) in [5, 5.41) is 0. The van der Waals surface area contributed by atoms with Crippen molar-refractivity contribution >= 4 is 0 Å². The van der Waals surface area contributed by atoms with E-state index in [1.807, 2.05) is 12.1 Å². The topological polar surface area (TPSA) is 18.5 Å². The van der Waals surface area contributed by atoms with Crippen LogP contribution in [0.25, 0.3) is 0 Å². The van der Waals surface area contributed by atoms with Crippen LogP contribution >= 0.6 is 0 Å². The number of rotatable bonds is 5. The summed E-state index contributed by atoms with van der Waals surface area (Å²) in [6, 6.07) is 6.03. The zero-order valence-corrected chi connectivity index (χ0v) is 9.17. The lowest BCUT2D eigenvalue weighted by Gasteiger charge is -2.12. The molecular weight excluding hydrogens is 176 g/mol. The van der Waals surface area contributed by atoms with Gasteiger partial charge in [-0.25, -0.2) is 0 Å². The molecule has 14 heavy (non-hydrogen) atoms. The highest BCUT2D eigenvalue weighted by atomic mass is 16.5. The largest absolute Gasteiger partial charge is 0.493 e. The fraction of sp³-hybridized carbons (Fsp3) is 0.500. The third-order valence-corrected chi connectivity index (χ3v) is 2.11. The first kappa shape index (κ1) is 10.9. The van der Waals surface area contributed by atoms with Gasteiger partial charge in [-0.1, -0.05) is 26.0 Å². The second-order valence-corrected chi connectivity index (χ2v) is 3.15. The van der Waals surface area contributed by atoms with E-state index in [9.17, 15) is 0 Å². The van der Waals surface area contributed by atoms with E-state index in [1.165, 1.54) is 5.56 Å². The Labute approximate surface area is 85.8 Å². The zero-order valence-electron chi connectivity index (χ0n) is 9.17. The molecule has 2 heteroatoms. The molecule has 0 unspecified atom stereocenters. The van der Waals surface area contributed by atoms with Gasteiger partial charge in [-0.15, -0.1) is 0 Å². The summed E-state index contributed by atoms with van der Waals surface area (Å²) in [7, 11) is 1.69. The molecule has 0 aromatic heterocycles. The molecule has 1 rings (SSSR count). The van der Waals surface area contributed by atoms with Crippen molar-refractivity contribution < 1.29 is 9.47 Å². The average molecular weight is 194 g/mol. The Hall–Kier alpha value is -1.18. The number of para-hydroxylation sites is 1. The summed E-state index contributed by atoms with van der Waals surface area (Å²) in [6.07, 6.45) is 1.98. The third kappa shape index (κ3) is 2.41. The van der Waals surface area contributed by atoms with Crippen molar-refractivity contribution in [1.29, 1.82) is 0 Å². The van der Waals surface area contributed by atoms with Gasteiger partial charge in [0.05, 0.1) is 13.7 Å². The van der Waals surface area contributed by atoms with Gasteiger partial charge in [-0.3, -0.25) is 0 Å². The minimum atomic E-state index is 0.740. The van der Waals surface area contributed by atoms with Crippen LogP contribution in [0.15, 0.2) is 18.2 Å². The molecule has 0 amide bonds. The van der Waals surface area contributed by atoms with Crippen LogP contribution in [0.3, 0.4) is 0 Å². The summed E-state index contributed by atoms with van der Waals surface area (Å²) in [5.41, 5.74) is 1.20. The molecule has 0 aliphatic rings. The number of benzene rings is 1. The van der Waals surface area contributed by atoms with Crippen molar-refractivity contribution in [3.8, 4) is 11.5 Å². The van der Waals surface area contributed by atoms with E-state index in [4.69, 9.17) is 9.47 Å². The Bertz CT molecular complexity index is 282. The van der Waals surface area contributed by atoms with Crippen LogP contribution < -0.4 is 9.47 Å². The van der Waals surface area contributed by atoms with Crippen LogP contribution in [-0.4, -0.2) is 13.7 Å². The quantitative estimate of drug-likeness (QED) is 0.717. The summed E-state index contributed by atoms with van der Waals surface area (Å²) < 4.78 is 10.9. The zero-order chi connectivity index (χ0) is 10.4. The van der Waals surface area contributed by atoms with Crippen molar-refractivity contribution in [3.63, 3.8) is 0 Å². The van der Waals surface area contributed by atoms with Gasteiger partial charge < -0.3 is 9.47 Å². The molecule has 1 aromatic carbocycles. The standard InChI is InChI=1S/C12H18O2/c1-4-9-14-11-8-6-7-10(5-2)12(11)13-3/h6-8H,4-5,9H2,1-3H3. The van der Waals surface area contributed by atoms with Crippen molar-refractivity contribution in [2.24, 2.45) is 0 Å². The van der Waals surface area contributed by atoms with Crippen molar-refractivity contribution in [2.45, 2.75) is 26.7 Å². The van der Waals surface area contributed by atoms with Crippen molar-refractivity contribution in [3.05, 3.63) is 23.8 Å². The number of hydrogen-bond donors (Lipinski definition) is 0. The van der Waals surface area contributed by atoms with Gasteiger partial charge in [0.25, 0.3) is 0 Å². The molecule has 0 spiro atoms. The molecule has 0 atom stereocenters. The summed E-state index contributed by atoms with van der Waals surface area (Å²) in [4.78, 5) is 0. The predicted octanol–water partition coefficient (Wildman–Crippen LogP) is 3.05. The minimum Gasteiger partial charge on any atom is -0.493 e. The van der Waals surface area contributed by atoms with E-state index < -0.39 is 0 Å². The molecule has 0 fully saturated rings. The number of hydrogen-bond acceptors (Lipinski definition) is 2. The van der Waals surface area contributed by atoms with E-state index in [0.29, 0.717) is 0 Å². The molecule has 0 radical (unpaired) electrons. The first-order chi connectivity index (χ1) is 6.83. The van der Waals surface area contributed by atoms with Crippen molar-refractivity contribution in [1.82, 2.24) is 0 Å². The predicted molar refractivity (Wildman–Crippen MR) is 58.2 cm³/mol. The van der Waals surface area contributed by atoms with Gasteiger partial charge in [0.15, 0.2) is 11.5 Å². The van der Waals surface area contributed by atoms with E-state index in [0.717, 1.165) is 30.9 Å². The molecule has 0 aliphatic carbocycles. The molecule has 2 nitrogen and oxygen atoms in total. The first-order valence-electron chi connectivity index (χ1n) is 5.12. The number of aryl methyl sites for hydroxylation is 1. The smallest absolute Gasteiger partial charge is 0.163 e. The Morgan fingerprint density at radius 2 is 2.00 bits per heavy atom. The summed E-state index contributed by atoms with van der Waals surface area (Å²) in [5.74, 6) is 1.73. The SMILES string of the molecule is CCCOc1cccc(CC)c1OC. The molecule has 0 N–H and O–H groups in total. The Morgan fingerprint density at radius 3 is 2.57 bits per heavy atom. The minimum absolute atomic E-state index is 0.740. The molecule has 0 saturated carbocycles. The van der Waals surface area contributed by atoms with Crippen LogP contribution in [0.4, 0.5) is 0 Å². The fourth-order valence-corrected chi connectivity index (χ4v) is 1.40. The van der Waals surface area contributed by atoms with E-state index >= 15 is 0 Å². The maximum atomic E-state index is 5.59. The monoisotopic (exact) mass is 194 g/mol. The average Bonchev–Trinajstić information content (AvgIpc) is 2.25. The molecule has 0 saturated heterocycles. The highest BCUT2D eigenvalue weighted by molar-refractivity contribution is 5.46. The first-order valence-corrected chi connectivity index (χ1v) is 5.12. The van der Waals surface area contributed by atoms with Crippen LogP contribution in [0.5, 0.6) is 11.5 Å². The molecule has 0 aliphatic heterocycles. The van der Waals surface area contributed by atoms with Gasteiger partial charge in [0, 0.05) is 0 Å². The Kier molecular flexibility index (Phi) is 4.30. The fourth-order valence-electron chi connectivity index (χ4n) is 1.40.